The van der Waals surface area contributed by atoms with E-state index in [2.05, 4.69) is 16.0 Å². The van der Waals surface area contributed by atoms with Crippen LogP contribution in [0.15, 0.2) is 0 Å². The lowest BCUT2D eigenvalue weighted by Gasteiger charge is -2.27. The summed E-state index contributed by atoms with van der Waals surface area (Å²) in [6.45, 7) is 2.99. The van der Waals surface area contributed by atoms with Crippen molar-refractivity contribution in [1.29, 1.82) is 0 Å². The predicted molar refractivity (Wildman–Crippen MR) is 59.8 cm³/mol. The van der Waals surface area contributed by atoms with Gasteiger partial charge < -0.3 is 10.6 Å². The van der Waals surface area contributed by atoms with E-state index in [1.54, 1.807) is 0 Å². The number of hydrogen-bond donors (Lipinski definition) is 3. The number of rotatable bonds is 3. The lowest BCUT2D eigenvalue weighted by atomic mass is 9.98. The molecule has 2 amide bonds. The van der Waals surface area contributed by atoms with Gasteiger partial charge in [-0.15, -0.1) is 0 Å². The molecule has 0 saturated carbocycles. The van der Waals surface area contributed by atoms with Crippen LogP contribution in [0.5, 0.6) is 0 Å². The number of piperidine rings is 2. The van der Waals surface area contributed by atoms with Crippen molar-refractivity contribution in [2.24, 2.45) is 5.92 Å². The Bertz CT molecular complexity index is 274. The molecule has 0 spiro atoms. The summed E-state index contributed by atoms with van der Waals surface area (Å²) in [5, 5.41) is 8.96. The van der Waals surface area contributed by atoms with Crippen LogP contribution in [0.2, 0.25) is 0 Å². The van der Waals surface area contributed by atoms with Gasteiger partial charge in [0.2, 0.25) is 11.8 Å². The van der Waals surface area contributed by atoms with Crippen LogP contribution in [0, 0.1) is 5.92 Å². The minimum absolute atomic E-state index is 0.151. The molecule has 0 aliphatic carbocycles. The van der Waals surface area contributed by atoms with Gasteiger partial charge >= 0.3 is 0 Å². The monoisotopic (exact) mass is 225 g/mol. The molecule has 0 radical (unpaired) electrons. The molecule has 0 aromatic carbocycles. The zero-order chi connectivity index (χ0) is 11.4. The maximum absolute atomic E-state index is 11.5. The van der Waals surface area contributed by atoms with E-state index in [1.807, 2.05) is 0 Å². The first-order valence-corrected chi connectivity index (χ1v) is 6.03. The SMILES string of the molecule is O=C1CCC(NCC2CCCNC2)C(=O)N1. The van der Waals surface area contributed by atoms with Gasteiger partial charge in [-0.05, 0) is 44.8 Å². The summed E-state index contributed by atoms with van der Waals surface area (Å²) in [6, 6.07) is -0.181. The van der Waals surface area contributed by atoms with Crippen molar-refractivity contribution in [3.8, 4) is 0 Å². The molecule has 0 bridgehead atoms. The Balaban J connectivity index is 1.72. The second kappa shape index (κ2) is 5.41. The molecule has 2 unspecified atom stereocenters. The molecule has 0 aromatic rings. The second-order valence-electron chi connectivity index (χ2n) is 4.62. The summed E-state index contributed by atoms with van der Waals surface area (Å²) in [5.74, 6) is 0.293. The number of imide groups is 1. The first kappa shape index (κ1) is 11.5. The van der Waals surface area contributed by atoms with E-state index < -0.39 is 0 Å². The number of nitrogens with one attached hydrogen (secondary N) is 3. The van der Waals surface area contributed by atoms with E-state index in [9.17, 15) is 9.59 Å². The number of carbonyl (C=O) groups excluding carboxylic acids is 2. The Hall–Kier alpha value is -0.940. The van der Waals surface area contributed by atoms with Crippen LogP contribution in [-0.4, -0.2) is 37.5 Å². The summed E-state index contributed by atoms with van der Waals surface area (Å²) in [4.78, 5) is 22.4. The molecule has 2 aliphatic heterocycles. The summed E-state index contributed by atoms with van der Waals surface area (Å²) in [5.41, 5.74) is 0. The molecule has 3 N–H and O–H groups in total. The zero-order valence-electron chi connectivity index (χ0n) is 9.42. The minimum Gasteiger partial charge on any atom is -0.316 e. The lowest BCUT2D eigenvalue weighted by Crippen LogP contribution is -2.52. The van der Waals surface area contributed by atoms with Crippen LogP contribution in [0.4, 0.5) is 0 Å². The molecule has 2 atom stereocenters. The second-order valence-corrected chi connectivity index (χ2v) is 4.62. The van der Waals surface area contributed by atoms with E-state index in [1.165, 1.54) is 12.8 Å². The van der Waals surface area contributed by atoms with Crippen molar-refractivity contribution in [2.45, 2.75) is 31.7 Å². The van der Waals surface area contributed by atoms with Gasteiger partial charge in [0.25, 0.3) is 0 Å². The fraction of sp³-hybridized carbons (Fsp3) is 0.818. The van der Waals surface area contributed by atoms with Crippen LogP contribution in [0.1, 0.15) is 25.7 Å². The normalized spacial score (nSPS) is 31.2. The van der Waals surface area contributed by atoms with E-state index >= 15 is 0 Å². The third-order valence-electron chi connectivity index (χ3n) is 3.29. The number of hydrogen-bond acceptors (Lipinski definition) is 4. The van der Waals surface area contributed by atoms with Gasteiger partial charge in [-0.3, -0.25) is 14.9 Å². The van der Waals surface area contributed by atoms with Crippen molar-refractivity contribution in [2.75, 3.05) is 19.6 Å². The Morgan fingerprint density at radius 3 is 2.88 bits per heavy atom. The predicted octanol–water partition coefficient (Wildman–Crippen LogP) is -0.619. The molecule has 5 nitrogen and oxygen atoms in total. The van der Waals surface area contributed by atoms with Crippen LogP contribution >= 0.6 is 0 Å². The molecular weight excluding hydrogens is 206 g/mol. The molecule has 2 saturated heterocycles. The van der Waals surface area contributed by atoms with Gasteiger partial charge in [0.05, 0.1) is 6.04 Å². The van der Waals surface area contributed by atoms with Crippen molar-refractivity contribution in [3.63, 3.8) is 0 Å². The van der Waals surface area contributed by atoms with E-state index in [0.29, 0.717) is 18.8 Å². The standard InChI is InChI=1S/C11H19N3O2/c15-10-4-3-9(11(16)14-10)13-7-8-2-1-5-12-6-8/h8-9,12-13H,1-7H2,(H,14,15,16). The molecule has 2 heterocycles. The average Bonchev–Trinajstić information content (AvgIpc) is 2.29. The molecule has 16 heavy (non-hydrogen) atoms. The van der Waals surface area contributed by atoms with Crippen molar-refractivity contribution in [3.05, 3.63) is 0 Å². The summed E-state index contributed by atoms with van der Waals surface area (Å²) >= 11 is 0. The van der Waals surface area contributed by atoms with Crippen LogP contribution in [-0.2, 0) is 9.59 Å². The third kappa shape index (κ3) is 3.02. The Labute approximate surface area is 95.3 Å². The summed E-state index contributed by atoms with van der Waals surface area (Å²) in [6.07, 6.45) is 3.51. The Kier molecular flexibility index (Phi) is 3.90. The van der Waals surface area contributed by atoms with Gasteiger partial charge in [-0.1, -0.05) is 0 Å². The largest absolute Gasteiger partial charge is 0.316 e. The molecule has 90 valence electrons. The molecular formula is C11H19N3O2. The Morgan fingerprint density at radius 1 is 1.31 bits per heavy atom. The minimum atomic E-state index is -0.181. The van der Waals surface area contributed by atoms with Gasteiger partial charge in [0, 0.05) is 6.42 Å². The molecule has 0 aromatic heterocycles. The quantitative estimate of drug-likeness (QED) is 0.560. The average molecular weight is 225 g/mol. The smallest absolute Gasteiger partial charge is 0.243 e. The van der Waals surface area contributed by atoms with E-state index in [4.69, 9.17) is 0 Å². The molecule has 2 aliphatic rings. The van der Waals surface area contributed by atoms with Gasteiger partial charge in [0.1, 0.15) is 0 Å². The zero-order valence-corrected chi connectivity index (χ0v) is 9.42. The molecule has 2 fully saturated rings. The fourth-order valence-electron chi connectivity index (χ4n) is 2.30. The van der Waals surface area contributed by atoms with Gasteiger partial charge in [0.15, 0.2) is 0 Å². The summed E-state index contributed by atoms with van der Waals surface area (Å²) < 4.78 is 0. The topological polar surface area (TPSA) is 70.2 Å². The Morgan fingerprint density at radius 2 is 2.19 bits per heavy atom. The highest BCUT2D eigenvalue weighted by Crippen LogP contribution is 2.10. The van der Waals surface area contributed by atoms with Crippen LogP contribution < -0.4 is 16.0 Å². The van der Waals surface area contributed by atoms with Crippen LogP contribution in [0.3, 0.4) is 0 Å². The lowest BCUT2D eigenvalue weighted by molar-refractivity contribution is -0.134. The van der Waals surface area contributed by atoms with Crippen molar-refractivity contribution in [1.82, 2.24) is 16.0 Å². The summed E-state index contributed by atoms with van der Waals surface area (Å²) in [7, 11) is 0. The van der Waals surface area contributed by atoms with Crippen molar-refractivity contribution >= 4 is 11.8 Å². The first-order chi connectivity index (χ1) is 7.75. The molecule has 2 rings (SSSR count). The highest BCUT2D eigenvalue weighted by Gasteiger charge is 2.26. The highest BCUT2D eigenvalue weighted by atomic mass is 16.2. The third-order valence-corrected chi connectivity index (χ3v) is 3.29. The van der Waals surface area contributed by atoms with E-state index in [-0.39, 0.29) is 17.9 Å². The highest BCUT2D eigenvalue weighted by molar-refractivity contribution is 6.00. The van der Waals surface area contributed by atoms with Crippen molar-refractivity contribution < 1.29 is 9.59 Å². The first-order valence-electron chi connectivity index (χ1n) is 6.03. The number of carbonyl (C=O) groups is 2. The number of amides is 2. The van der Waals surface area contributed by atoms with Crippen LogP contribution in [0.25, 0.3) is 0 Å². The van der Waals surface area contributed by atoms with Gasteiger partial charge in [-0.2, -0.15) is 0 Å². The maximum atomic E-state index is 11.5. The fourth-order valence-corrected chi connectivity index (χ4v) is 2.30. The maximum Gasteiger partial charge on any atom is 0.243 e. The van der Waals surface area contributed by atoms with E-state index in [0.717, 1.165) is 19.6 Å². The van der Waals surface area contributed by atoms with Gasteiger partial charge in [-0.25, -0.2) is 0 Å². The molecule has 5 heteroatoms.